The van der Waals surface area contributed by atoms with E-state index in [1.807, 2.05) is 30.3 Å². The maximum Gasteiger partial charge on any atom is 0.242 e. The van der Waals surface area contributed by atoms with Crippen LogP contribution in [0.2, 0.25) is 0 Å². The Morgan fingerprint density at radius 2 is 1.65 bits per heavy atom. The fraction of sp³-hybridized carbons (Fsp3) is 0.0625. The van der Waals surface area contributed by atoms with Crippen molar-refractivity contribution in [3.63, 3.8) is 0 Å². The lowest BCUT2D eigenvalue weighted by Crippen LogP contribution is -2.36. The van der Waals surface area contributed by atoms with Gasteiger partial charge in [0.25, 0.3) is 0 Å². The van der Waals surface area contributed by atoms with Crippen LogP contribution in [0.1, 0.15) is 11.1 Å². The van der Waals surface area contributed by atoms with Crippen molar-refractivity contribution in [3.8, 4) is 5.75 Å². The number of hydrogen-bond acceptors (Lipinski definition) is 3. The molecule has 20 heavy (non-hydrogen) atoms. The molecule has 2 aromatic carbocycles. The van der Waals surface area contributed by atoms with Gasteiger partial charge in [-0.3, -0.25) is 15.6 Å². The number of hydrazine groups is 1. The molecular weight excluding hydrogens is 252 g/mol. The van der Waals surface area contributed by atoms with E-state index in [-0.39, 0.29) is 11.7 Å². The number of aromatic hydroxyl groups is 1. The van der Waals surface area contributed by atoms with Crippen LogP contribution in [0.4, 0.5) is 0 Å². The maximum absolute atomic E-state index is 11.7. The lowest BCUT2D eigenvalue weighted by atomic mass is 10.1. The Labute approximate surface area is 117 Å². The molecule has 0 saturated carbocycles. The van der Waals surface area contributed by atoms with Crippen LogP contribution in [0.15, 0.2) is 61.2 Å². The summed E-state index contributed by atoms with van der Waals surface area (Å²) in [5.41, 5.74) is 7.66. The highest BCUT2D eigenvalue weighted by Crippen LogP contribution is 2.13. The molecule has 2 aromatic rings. The highest BCUT2D eigenvalue weighted by atomic mass is 16.3. The molecule has 102 valence electrons. The van der Waals surface area contributed by atoms with E-state index >= 15 is 0 Å². The van der Waals surface area contributed by atoms with E-state index in [0.717, 1.165) is 11.1 Å². The van der Waals surface area contributed by atoms with Gasteiger partial charge in [0, 0.05) is 0 Å². The van der Waals surface area contributed by atoms with Crippen molar-refractivity contribution in [1.82, 2.24) is 10.9 Å². The summed E-state index contributed by atoms with van der Waals surface area (Å²) in [7, 11) is 0. The number of rotatable bonds is 5. The summed E-state index contributed by atoms with van der Waals surface area (Å²) in [6.45, 7) is 3.83. The molecule has 1 amide bonds. The van der Waals surface area contributed by atoms with Gasteiger partial charge in [0.1, 0.15) is 5.75 Å². The average Bonchev–Trinajstić information content (AvgIpc) is 2.46. The first-order valence-electron chi connectivity index (χ1n) is 6.22. The largest absolute Gasteiger partial charge is 0.508 e. The van der Waals surface area contributed by atoms with Gasteiger partial charge in [-0.1, -0.05) is 36.9 Å². The Morgan fingerprint density at radius 3 is 2.30 bits per heavy atom. The van der Waals surface area contributed by atoms with E-state index in [1.165, 1.54) is 0 Å². The number of benzene rings is 2. The van der Waals surface area contributed by atoms with Crippen molar-refractivity contribution in [2.24, 2.45) is 0 Å². The molecule has 4 heteroatoms. The zero-order valence-corrected chi connectivity index (χ0v) is 11.0. The Hall–Kier alpha value is -2.75. The minimum Gasteiger partial charge on any atom is -0.508 e. The quantitative estimate of drug-likeness (QED) is 0.729. The topological polar surface area (TPSA) is 61.4 Å². The molecule has 3 N–H and O–H groups in total. The fourth-order valence-corrected chi connectivity index (χ4v) is 1.71. The smallest absolute Gasteiger partial charge is 0.242 e. The standard InChI is InChI=1S/C16H16N2O2/c1-12(14-7-9-15(19)10-8-14)17-18-16(20)11-13-5-3-2-4-6-13/h2-10,17,19H,1,11H2,(H,18,20). The van der Waals surface area contributed by atoms with Gasteiger partial charge in [0.2, 0.25) is 5.91 Å². The maximum atomic E-state index is 11.7. The van der Waals surface area contributed by atoms with Crippen molar-refractivity contribution in [3.05, 3.63) is 72.3 Å². The molecule has 0 radical (unpaired) electrons. The lowest BCUT2D eigenvalue weighted by Gasteiger charge is -2.11. The van der Waals surface area contributed by atoms with Crippen LogP contribution >= 0.6 is 0 Å². The summed E-state index contributed by atoms with van der Waals surface area (Å²) in [5, 5.41) is 9.20. The third-order valence-corrected chi connectivity index (χ3v) is 2.78. The third kappa shape index (κ3) is 3.88. The van der Waals surface area contributed by atoms with Crippen LogP contribution in [-0.4, -0.2) is 11.0 Å². The summed E-state index contributed by atoms with van der Waals surface area (Å²) >= 11 is 0. The molecule has 0 fully saturated rings. The normalized spacial score (nSPS) is 9.80. The molecule has 2 rings (SSSR count). The first-order valence-corrected chi connectivity index (χ1v) is 6.22. The molecule has 0 heterocycles. The van der Waals surface area contributed by atoms with Gasteiger partial charge in [-0.05, 0) is 35.4 Å². The second-order valence-corrected chi connectivity index (χ2v) is 4.36. The SMILES string of the molecule is C=C(NNC(=O)Cc1ccccc1)c1ccc(O)cc1. The number of carbonyl (C=O) groups is 1. The first kappa shape index (κ1) is 13.7. The van der Waals surface area contributed by atoms with E-state index < -0.39 is 0 Å². The Kier molecular flexibility index (Phi) is 4.39. The second kappa shape index (κ2) is 6.43. The van der Waals surface area contributed by atoms with Gasteiger partial charge < -0.3 is 5.11 Å². The van der Waals surface area contributed by atoms with Crippen LogP contribution in [-0.2, 0) is 11.2 Å². The van der Waals surface area contributed by atoms with Gasteiger partial charge in [-0.25, -0.2) is 0 Å². The number of nitrogens with one attached hydrogen (secondary N) is 2. The third-order valence-electron chi connectivity index (χ3n) is 2.78. The summed E-state index contributed by atoms with van der Waals surface area (Å²) in [4.78, 5) is 11.7. The minimum atomic E-state index is -0.142. The van der Waals surface area contributed by atoms with Crippen LogP contribution in [0.5, 0.6) is 5.75 Å². The van der Waals surface area contributed by atoms with E-state index in [2.05, 4.69) is 17.4 Å². The molecule has 0 aliphatic carbocycles. The number of carbonyl (C=O) groups excluding carboxylic acids is 1. The Morgan fingerprint density at radius 1 is 1.00 bits per heavy atom. The minimum absolute atomic E-state index is 0.142. The van der Waals surface area contributed by atoms with Crippen molar-refractivity contribution in [2.75, 3.05) is 0 Å². The van der Waals surface area contributed by atoms with Gasteiger partial charge in [-0.15, -0.1) is 0 Å². The van der Waals surface area contributed by atoms with Crippen LogP contribution in [0.3, 0.4) is 0 Å². The van der Waals surface area contributed by atoms with Crippen molar-refractivity contribution in [1.29, 1.82) is 0 Å². The van der Waals surface area contributed by atoms with E-state index in [9.17, 15) is 9.90 Å². The fourth-order valence-electron chi connectivity index (χ4n) is 1.71. The van der Waals surface area contributed by atoms with Gasteiger partial charge in [0.15, 0.2) is 0 Å². The molecule has 0 aromatic heterocycles. The molecule has 0 aliphatic heterocycles. The summed E-state index contributed by atoms with van der Waals surface area (Å²) in [6, 6.07) is 16.1. The summed E-state index contributed by atoms with van der Waals surface area (Å²) in [5.74, 6) is 0.0470. The van der Waals surface area contributed by atoms with Crippen molar-refractivity contribution < 1.29 is 9.90 Å². The predicted octanol–water partition coefficient (Wildman–Crippen LogP) is 2.23. The van der Waals surface area contributed by atoms with Crippen LogP contribution < -0.4 is 10.9 Å². The molecule has 0 spiro atoms. The Bertz CT molecular complexity index is 592. The first-order chi connectivity index (χ1) is 9.65. The van der Waals surface area contributed by atoms with Crippen LogP contribution in [0, 0.1) is 0 Å². The lowest BCUT2D eigenvalue weighted by molar-refractivity contribution is -0.121. The summed E-state index contributed by atoms with van der Waals surface area (Å²) < 4.78 is 0. The number of amides is 1. The number of hydrogen-bond donors (Lipinski definition) is 3. The predicted molar refractivity (Wildman–Crippen MR) is 78.6 cm³/mol. The monoisotopic (exact) mass is 268 g/mol. The highest BCUT2D eigenvalue weighted by molar-refractivity contribution is 5.79. The number of phenolic OH excluding ortho intramolecular Hbond substituents is 1. The average molecular weight is 268 g/mol. The molecular formula is C16H16N2O2. The molecule has 0 aliphatic rings. The highest BCUT2D eigenvalue weighted by Gasteiger charge is 2.04. The molecule has 4 nitrogen and oxygen atoms in total. The van der Waals surface area contributed by atoms with Gasteiger partial charge >= 0.3 is 0 Å². The summed E-state index contributed by atoms with van der Waals surface area (Å²) in [6.07, 6.45) is 0.302. The van der Waals surface area contributed by atoms with E-state index in [1.54, 1.807) is 24.3 Å². The zero-order valence-electron chi connectivity index (χ0n) is 11.0. The molecule has 0 unspecified atom stereocenters. The van der Waals surface area contributed by atoms with E-state index in [0.29, 0.717) is 12.1 Å². The molecule has 0 saturated heterocycles. The van der Waals surface area contributed by atoms with Crippen molar-refractivity contribution >= 4 is 11.6 Å². The van der Waals surface area contributed by atoms with Gasteiger partial charge in [0.05, 0.1) is 12.1 Å². The zero-order chi connectivity index (χ0) is 14.4. The molecule has 0 bridgehead atoms. The second-order valence-electron chi connectivity index (χ2n) is 4.36. The number of phenols is 1. The van der Waals surface area contributed by atoms with E-state index in [4.69, 9.17) is 0 Å². The van der Waals surface area contributed by atoms with Crippen LogP contribution in [0.25, 0.3) is 5.70 Å². The Balaban J connectivity index is 1.84. The van der Waals surface area contributed by atoms with Crippen molar-refractivity contribution in [2.45, 2.75) is 6.42 Å². The molecule has 0 atom stereocenters. The van der Waals surface area contributed by atoms with Gasteiger partial charge in [-0.2, -0.15) is 0 Å².